The number of aliphatic hydroxyl groups is 1. The lowest BCUT2D eigenvalue weighted by molar-refractivity contribution is 0.141. The minimum Gasteiger partial charge on any atom is -0.404 e. The van der Waals surface area contributed by atoms with Crippen LogP contribution in [0.2, 0.25) is 0 Å². The van der Waals surface area contributed by atoms with Gasteiger partial charge in [0.1, 0.15) is 11.7 Å². The molecule has 3 heterocycles. The number of benzene rings is 1. The molecular weight excluding hydrogens is 413 g/mol. The van der Waals surface area contributed by atoms with Gasteiger partial charge in [0.15, 0.2) is 0 Å². The predicted octanol–water partition coefficient (Wildman–Crippen LogP) is 2.51. The number of rotatable bonds is 6. The van der Waals surface area contributed by atoms with Gasteiger partial charge >= 0.3 is 6.03 Å². The average molecular weight is 435 g/mol. The number of fused-ring (bicyclic) bond motifs is 1. The van der Waals surface area contributed by atoms with Crippen molar-refractivity contribution in [3.63, 3.8) is 0 Å². The van der Waals surface area contributed by atoms with Crippen molar-refractivity contribution < 1.29 is 14.3 Å². The molecule has 0 saturated carbocycles. The largest absolute Gasteiger partial charge is 0.404 e. The first-order valence-electron chi connectivity index (χ1n) is 9.88. The number of aliphatic hydroxyl groups excluding tert-OH is 1. The molecule has 4 rings (SSSR count). The highest BCUT2D eigenvalue weighted by Crippen LogP contribution is 2.32. The third-order valence-electron chi connectivity index (χ3n) is 5.15. The van der Waals surface area contributed by atoms with Gasteiger partial charge in [-0.2, -0.15) is 0 Å². The van der Waals surface area contributed by atoms with E-state index >= 15 is 0 Å². The van der Waals surface area contributed by atoms with E-state index in [4.69, 9.17) is 5.73 Å². The Labute approximate surface area is 183 Å². The molecule has 1 amide bonds. The van der Waals surface area contributed by atoms with E-state index in [0.29, 0.717) is 23.0 Å². The summed E-state index contributed by atoms with van der Waals surface area (Å²) in [6, 6.07) is 8.57. The van der Waals surface area contributed by atoms with Crippen molar-refractivity contribution in [1.29, 1.82) is 0 Å². The van der Waals surface area contributed by atoms with Crippen LogP contribution in [0, 0.1) is 5.82 Å². The molecule has 0 saturated heterocycles. The Hall–Kier alpha value is -4.05. The van der Waals surface area contributed by atoms with Crippen LogP contribution in [-0.4, -0.2) is 50.1 Å². The van der Waals surface area contributed by atoms with Crippen LogP contribution in [0.25, 0.3) is 11.3 Å². The van der Waals surface area contributed by atoms with E-state index in [2.05, 4.69) is 20.3 Å². The summed E-state index contributed by atoms with van der Waals surface area (Å²) < 4.78 is 15.2. The lowest BCUT2D eigenvalue weighted by Crippen LogP contribution is -2.32. The Morgan fingerprint density at radius 3 is 2.94 bits per heavy atom. The predicted molar refractivity (Wildman–Crippen MR) is 118 cm³/mol. The van der Waals surface area contributed by atoms with Crippen molar-refractivity contribution in [2.45, 2.75) is 12.6 Å². The molecule has 1 aliphatic heterocycles. The number of aromatic nitrogens is 3. The molecule has 0 aliphatic carbocycles. The van der Waals surface area contributed by atoms with Gasteiger partial charge in [0.25, 0.3) is 0 Å². The fourth-order valence-corrected chi connectivity index (χ4v) is 3.63. The molecule has 0 radical (unpaired) electrons. The summed E-state index contributed by atoms with van der Waals surface area (Å²) in [5.74, 6) is 0.426. The van der Waals surface area contributed by atoms with Crippen molar-refractivity contribution >= 4 is 17.8 Å². The van der Waals surface area contributed by atoms with Crippen LogP contribution in [0.4, 0.5) is 15.1 Å². The molecule has 32 heavy (non-hydrogen) atoms. The van der Waals surface area contributed by atoms with E-state index in [1.54, 1.807) is 43.7 Å². The number of nitrogens with two attached hydrogens (primary N) is 1. The lowest BCUT2D eigenvalue weighted by atomic mass is 10.1. The van der Waals surface area contributed by atoms with Gasteiger partial charge in [-0.1, -0.05) is 12.1 Å². The summed E-state index contributed by atoms with van der Waals surface area (Å²) in [6.07, 6.45) is 6.25. The van der Waals surface area contributed by atoms with Crippen LogP contribution in [0.15, 0.2) is 66.1 Å². The average Bonchev–Trinajstić information content (AvgIpc) is 3.34. The summed E-state index contributed by atoms with van der Waals surface area (Å²) in [5, 5.41) is 12.9. The quantitative estimate of drug-likeness (QED) is 0.404. The van der Waals surface area contributed by atoms with Gasteiger partial charge in [0.05, 0.1) is 24.9 Å². The van der Waals surface area contributed by atoms with Crippen LogP contribution in [-0.2, 0) is 6.54 Å². The number of amides is 1. The van der Waals surface area contributed by atoms with Gasteiger partial charge in [-0.15, -0.1) is 0 Å². The van der Waals surface area contributed by atoms with Gasteiger partial charge in [-0.3, -0.25) is 9.56 Å². The molecule has 0 spiro atoms. The highest BCUT2D eigenvalue weighted by molar-refractivity contribution is 6.02. The first-order valence-corrected chi connectivity index (χ1v) is 9.88. The van der Waals surface area contributed by atoms with Crippen LogP contribution in [0.1, 0.15) is 17.3 Å². The maximum atomic E-state index is 13.6. The number of carbonyl (C=O) groups is 1. The number of halogens is 1. The zero-order valence-corrected chi connectivity index (χ0v) is 17.3. The van der Waals surface area contributed by atoms with Gasteiger partial charge in [0.2, 0.25) is 5.95 Å². The Balaban J connectivity index is 1.57. The summed E-state index contributed by atoms with van der Waals surface area (Å²) in [4.78, 5) is 27.3. The molecule has 164 valence electrons. The number of hydrogen-bond donors (Lipinski definition) is 3. The summed E-state index contributed by atoms with van der Waals surface area (Å²) >= 11 is 0. The fourth-order valence-electron chi connectivity index (χ4n) is 3.63. The van der Waals surface area contributed by atoms with E-state index in [1.165, 1.54) is 27.8 Å². The lowest BCUT2D eigenvalue weighted by Gasteiger charge is -2.26. The van der Waals surface area contributed by atoms with Crippen molar-refractivity contribution in [2.75, 3.05) is 19.0 Å². The van der Waals surface area contributed by atoms with Crippen molar-refractivity contribution in [3.05, 3.63) is 78.1 Å². The van der Waals surface area contributed by atoms with E-state index < -0.39 is 11.9 Å². The minimum absolute atomic E-state index is 0.282. The smallest absolute Gasteiger partial charge is 0.329 e. The molecule has 0 fully saturated rings. The van der Waals surface area contributed by atoms with Gasteiger partial charge in [0, 0.05) is 30.7 Å². The molecule has 0 bridgehead atoms. The maximum absolute atomic E-state index is 13.6. The van der Waals surface area contributed by atoms with E-state index in [1.807, 2.05) is 6.07 Å². The highest BCUT2D eigenvalue weighted by atomic mass is 19.1. The van der Waals surface area contributed by atoms with Gasteiger partial charge in [-0.05, 0) is 42.1 Å². The first-order chi connectivity index (χ1) is 15.5. The molecule has 9 nitrogen and oxygen atoms in total. The summed E-state index contributed by atoms with van der Waals surface area (Å²) in [6.45, 7) is -0.0307. The SMILES string of the molecule is CN=C(C=CN)Nc1nccc(-c2cc3n(c2)C(=O)N(C(CO)c2cccc(F)c2)C3)n1. The third-order valence-corrected chi connectivity index (χ3v) is 5.15. The first kappa shape index (κ1) is 21.2. The van der Waals surface area contributed by atoms with Gasteiger partial charge in [-0.25, -0.2) is 19.2 Å². The number of aliphatic imine (C=N–C) groups is 1. The zero-order valence-electron chi connectivity index (χ0n) is 17.3. The molecular formula is C22H22FN7O2. The second kappa shape index (κ2) is 8.98. The number of nitrogens with zero attached hydrogens (tertiary/aromatic N) is 5. The van der Waals surface area contributed by atoms with E-state index in [0.717, 1.165) is 11.3 Å². The molecule has 1 aromatic carbocycles. The molecule has 1 aliphatic rings. The molecule has 4 N–H and O–H groups in total. The third kappa shape index (κ3) is 4.08. The van der Waals surface area contributed by atoms with E-state index in [-0.39, 0.29) is 19.2 Å². The highest BCUT2D eigenvalue weighted by Gasteiger charge is 2.34. The molecule has 2 aromatic heterocycles. The minimum atomic E-state index is -0.640. The summed E-state index contributed by atoms with van der Waals surface area (Å²) in [7, 11) is 1.62. The normalized spacial score (nSPS) is 14.8. The summed E-state index contributed by atoms with van der Waals surface area (Å²) in [5.41, 5.74) is 8.06. The number of anilines is 1. The molecule has 1 unspecified atom stereocenters. The number of nitrogens with one attached hydrogen (secondary N) is 1. The topological polar surface area (TPSA) is 122 Å². The number of amidine groups is 1. The molecule has 10 heteroatoms. The zero-order chi connectivity index (χ0) is 22.7. The molecule has 1 atom stereocenters. The maximum Gasteiger partial charge on any atom is 0.329 e. The second-order valence-corrected chi connectivity index (χ2v) is 7.11. The van der Waals surface area contributed by atoms with Crippen LogP contribution in [0.3, 0.4) is 0 Å². The van der Waals surface area contributed by atoms with E-state index in [9.17, 15) is 14.3 Å². The monoisotopic (exact) mass is 435 g/mol. The van der Waals surface area contributed by atoms with Gasteiger partial charge < -0.3 is 21.1 Å². The Morgan fingerprint density at radius 1 is 1.41 bits per heavy atom. The van der Waals surface area contributed by atoms with Crippen molar-refractivity contribution in [2.24, 2.45) is 10.7 Å². The standard InChI is InChI=1S/C22H22FN7O2/c1-25-20(5-7-24)28-21-26-8-6-18(27-21)15-10-17-12-30(22(32)29(17)11-15)19(13-31)14-3-2-4-16(23)9-14/h2-11,19,31H,12-13,24H2,1H3,(H,25,26,27,28). The second-order valence-electron chi connectivity index (χ2n) is 7.11. The fraction of sp³-hybridized carbons (Fsp3) is 0.182. The van der Waals surface area contributed by atoms with Crippen LogP contribution >= 0.6 is 0 Å². The Bertz CT molecular complexity index is 1200. The number of hydrogen-bond acceptors (Lipinski definition) is 6. The van der Waals surface area contributed by atoms with Crippen molar-refractivity contribution in [1.82, 2.24) is 19.4 Å². The van der Waals surface area contributed by atoms with Crippen molar-refractivity contribution in [3.8, 4) is 11.3 Å². The van der Waals surface area contributed by atoms with Crippen LogP contribution < -0.4 is 11.1 Å². The van der Waals surface area contributed by atoms with Crippen LogP contribution in [0.5, 0.6) is 0 Å². The number of carbonyl (C=O) groups excluding carboxylic acids is 1. The Morgan fingerprint density at radius 2 is 2.25 bits per heavy atom. The molecule has 3 aromatic rings. The Kier molecular flexibility index (Phi) is 5.95.